The van der Waals surface area contributed by atoms with Crippen molar-refractivity contribution in [3.63, 3.8) is 0 Å². The average Bonchev–Trinajstić information content (AvgIpc) is 2.76. The molecule has 4 rings (SSSR count). The first-order chi connectivity index (χ1) is 15.0. The summed E-state index contributed by atoms with van der Waals surface area (Å²) in [5, 5.41) is 2.75. The van der Waals surface area contributed by atoms with Crippen LogP contribution in [0.1, 0.15) is 5.56 Å². The third-order valence-corrected chi connectivity index (χ3v) is 4.45. The molecule has 156 valence electrons. The van der Waals surface area contributed by atoms with Crippen LogP contribution in [-0.2, 0) is 4.79 Å². The summed E-state index contributed by atoms with van der Waals surface area (Å²) in [5.74, 6) is -0.129. The molecular formula is C24H18FNO5. The summed E-state index contributed by atoms with van der Waals surface area (Å²) < 4.78 is 30.2. The number of carbonyl (C=O) groups excluding carboxylic acids is 1. The summed E-state index contributed by atoms with van der Waals surface area (Å²) in [6, 6.07) is 17.8. The van der Waals surface area contributed by atoms with E-state index in [1.54, 1.807) is 18.2 Å². The quantitative estimate of drug-likeness (QED) is 0.473. The van der Waals surface area contributed by atoms with E-state index in [0.717, 1.165) is 5.56 Å². The number of carbonyl (C=O) groups is 1. The Morgan fingerprint density at radius 1 is 1.03 bits per heavy atom. The molecule has 6 nitrogen and oxygen atoms in total. The van der Waals surface area contributed by atoms with Crippen LogP contribution in [0.4, 0.5) is 10.1 Å². The molecule has 0 saturated heterocycles. The minimum atomic E-state index is -0.535. The summed E-state index contributed by atoms with van der Waals surface area (Å²) in [6.07, 6.45) is 1.24. The fourth-order valence-electron chi connectivity index (χ4n) is 2.95. The molecular weight excluding hydrogens is 401 g/mol. The Kier molecular flexibility index (Phi) is 5.66. The predicted octanol–water partition coefficient (Wildman–Crippen LogP) is 5.05. The van der Waals surface area contributed by atoms with Crippen LogP contribution < -0.4 is 20.2 Å². The smallest absolute Gasteiger partial charge is 0.262 e. The molecule has 0 aliphatic heterocycles. The molecule has 0 aliphatic rings. The van der Waals surface area contributed by atoms with Crippen molar-refractivity contribution < 1.29 is 23.1 Å². The Morgan fingerprint density at radius 2 is 1.87 bits per heavy atom. The lowest BCUT2D eigenvalue weighted by Gasteiger charge is -2.09. The third-order valence-electron chi connectivity index (χ3n) is 4.45. The molecule has 0 aliphatic carbocycles. The highest BCUT2D eigenvalue weighted by Gasteiger charge is 2.12. The van der Waals surface area contributed by atoms with Gasteiger partial charge in [-0.25, -0.2) is 4.39 Å². The second kappa shape index (κ2) is 8.71. The summed E-state index contributed by atoms with van der Waals surface area (Å²) in [4.78, 5) is 24.7. The van der Waals surface area contributed by atoms with Gasteiger partial charge in [-0.3, -0.25) is 9.59 Å². The number of hydrogen-bond donors (Lipinski definition) is 1. The van der Waals surface area contributed by atoms with E-state index in [-0.39, 0.29) is 29.1 Å². The monoisotopic (exact) mass is 419 g/mol. The minimum absolute atomic E-state index is 0.0658. The van der Waals surface area contributed by atoms with Crippen molar-refractivity contribution in [2.45, 2.75) is 6.92 Å². The number of hydrogen-bond acceptors (Lipinski definition) is 5. The normalized spacial score (nSPS) is 10.6. The van der Waals surface area contributed by atoms with Gasteiger partial charge < -0.3 is 19.2 Å². The molecule has 0 fully saturated rings. The van der Waals surface area contributed by atoms with Crippen LogP contribution in [0.3, 0.4) is 0 Å². The Balaban J connectivity index is 1.46. The molecule has 7 heteroatoms. The molecule has 1 heterocycles. The standard InChI is InChI=1S/C24H18FNO5/c1-15-5-4-6-17(11-15)31-22-13-30-21-12-16(9-10-18(21)24(22)28)29-14-23(27)26-20-8-3-2-7-19(20)25/h2-13H,14H2,1H3,(H,26,27). The molecule has 1 aromatic heterocycles. The first kappa shape index (κ1) is 20.2. The molecule has 0 atom stereocenters. The van der Waals surface area contributed by atoms with Gasteiger partial charge in [0.2, 0.25) is 11.2 Å². The average molecular weight is 419 g/mol. The van der Waals surface area contributed by atoms with Gasteiger partial charge in [-0.15, -0.1) is 0 Å². The van der Waals surface area contributed by atoms with Gasteiger partial charge in [0.25, 0.3) is 5.91 Å². The number of benzene rings is 3. The van der Waals surface area contributed by atoms with Crippen molar-refractivity contribution in [2.24, 2.45) is 0 Å². The molecule has 1 N–H and O–H groups in total. The SMILES string of the molecule is Cc1cccc(Oc2coc3cc(OCC(=O)Nc4ccccc4F)ccc3c2=O)c1. The lowest BCUT2D eigenvalue weighted by molar-refractivity contribution is -0.118. The molecule has 3 aromatic carbocycles. The van der Waals surface area contributed by atoms with Gasteiger partial charge in [-0.2, -0.15) is 0 Å². The maximum atomic E-state index is 13.6. The molecule has 4 aromatic rings. The van der Waals surface area contributed by atoms with E-state index in [9.17, 15) is 14.0 Å². The molecule has 0 bridgehead atoms. The summed E-state index contributed by atoms with van der Waals surface area (Å²) in [7, 11) is 0. The molecule has 1 amide bonds. The predicted molar refractivity (Wildman–Crippen MR) is 114 cm³/mol. The van der Waals surface area contributed by atoms with Gasteiger partial charge in [0.1, 0.15) is 29.2 Å². The van der Waals surface area contributed by atoms with Gasteiger partial charge in [-0.1, -0.05) is 24.3 Å². The van der Waals surface area contributed by atoms with E-state index in [1.807, 2.05) is 25.1 Å². The zero-order valence-corrected chi connectivity index (χ0v) is 16.6. The van der Waals surface area contributed by atoms with E-state index < -0.39 is 11.7 Å². The summed E-state index contributed by atoms with van der Waals surface area (Å²) in [6.45, 7) is 1.59. The van der Waals surface area contributed by atoms with Crippen molar-refractivity contribution in [2.75, 3.05) is 11.9 Å². The Bertz CT molecular complexity index is 1310. The number of rotatable bonds is 6. The van der Waals surface area contributed by atoms with Gasteiger partial charge >= 0.3 is 0 Å². The topological polar surface area (TPSA) is 77.8 Å². The maximum Gasteiger partial charge on any atom is 0.262 e. The van der Waals surface area contributed by atoms with E-state index in [2.05, 4.69) is 5.32 Å². The van der Waals surface area contributed by atoms with Crippen molar-refractivity contribution in [3.05, 3.63) is 94.6 Å². The Labute approximate surface area is 176 Å². The van der Waals surface area contributed by atoms with E-state index in [0.29, 0.717) is 16.9 Å². The molecule has 0 saturated carbocycles. The third kappa shape index (κ3) is 4.72. The number of aryl methyl sites for hydroxylation is 1. The number of ether oxygens (including phenoxy) is 2. The van der Waals surface area contributed by atoms with Crippen molar-refractivity contribution in [3.8, 4) is 17.2 Å². The largest absolute Gasteiger partial charge is 0.484 e. The van der Waals surface area contributed by atoms with Gasteiger partial charge in [-0.05, 0) is 48.9 Å². The number of halogens is 1. The first-order valence-corrected chi connectivity index (χ1v) is 9.47. The van der Waals surface area contributed by atoms with Crippen LogP contribution in [0, 0.1) is 12.7 Å². The number of nitrogens with one attached hydrogen (secondary N) is 1. The van der Waals surface area contributed by atoms with E-state index in [4.69, 9.17) is 13.9 Å². The maximum absolute atomic E-state index is 13.6. The molecule has 31 heavy (non-hydrogen) atoms. The fraction of sp³-hybridized carbons (Fsp3) is 0.0833. The number of fused-ring (bicyclic) bond motifs is 1. The fourth-order valence-corrected chi connectivity index (χ4v) is 2.95. The number of para-hydroxylation sites is 1. The first-order valence-electron chi connectivity index (χ1n) is 9.47. The zero-order chi connectivity index (χ0) is 21.8. The second-order valence-corrected chi connectivity index (χ2v) is 6.82. The van der Waals surface area contributed by atoms with Crippen molar-refractivity contribution in [1.82, 2.24) is 0 Å². The lowest BCUT2D eigenvalue weighted by atomic mass is 10.2. The van der Waals surface area contributed by atoms with Crippen LogP contribution in [-0.4, -0.2) is 12.5 Å². The van der Waals surface area contributed by atoms with Gasteiger partial charge in [0.05, 0.1) is 11.1 Å². The zero-order valence-electron chi connectivity index (χ0n) is 16.6. The molecule has 0 spiro atoms. The van der Waals surface area contributed by atoms with Gasteiger partial charge in [0.15, 0.2) is 6.61 Å². The highest BCUT2D eigenvalue weighted by atomic mass is 19.1. The molecule has 0 unspecified atom stereocenters. The number of amides is 1. The summed E-state index contributed by atoms with van der Waals surface area (Å²) in [5.41, 5.74) is 1.03. The van der Waals surface area contributed by atoms with Crippen LogP contribution in [0.2, 0.25) is 0 Å². The highest BCUT2D eigenvalue weighted by Crippen LogP contribution is 2.24. The van der Waals surface area contributed by atoms with Crippen LogP contribution in [0.25, 0.3) is 11.0 Å². The minimum Gasteiger partial charge on any atom is -0.484 e. The summed E-state index contributed by atoms with van der Waals surface area (Å²) >= 11 is 0. The Hall–Kier alpha value is -4.13. The van der Waals surface area contributed by atoms with Crippen LogP contribution in [0.15, 0.2) is 82.2 Å². The molecule has 0 radical (unpaired) electrons. The lowest BCUT2D eigenvalue weighted by Crippen LogP contribution is -2.20. The van der Waals surface area contributed by atoms with Crippen LogP contribution >= 0.6 is 0 Å². The van der Waals surface area contributed by atoms with Gasteiger partial charge in [0, 0.05) is 6.07 Å². The number of anilines is 1. The van der Waals surface area contributed by atoms with Crippen molar-refractivity contribution in [1.29, 1.82) is 0 Å². The van der Waals surface area contributed by atoms with Crippen molar-refractivity contribution >= 4 is 22.6 Å². The Morgan fingerprint density at radius 3 is 2.68 bits per heavy atom. The van der Waals surface area contributed by atoms with Crippen LogP contribution in [0.5, 0.6) is 17.2 Å². The second-order valence-electron chi connectivity index (χ2n) is 6.82. The van der Waals surface area contributed by atoms with E-state index >= 15 is 0 Å². The highest BCUT2D eigenvalue weighted by molar-refractivity contribution is 5.92. The van der Waals surface area contributed by atoms with E-state index in [1.165, 1.54) is 36.6 Å².